The Morgan fingerprint density at radius 1 is 0.919 bits per heavy atom. The van der Waals surface area contributed by atoms with Crippen LogP contribution in [0.4, 0.5) is 38.9 Å². The lowest BCUT2D eigenvalue weighted by atomic mass is 9.81. The molecule has 0 spiro atoms. The van der Waals surface area contributed by atoms with Crippen molar-refractivity contribution in [3.63, 3.8) is 0 Å². The number of nitrogens with zero attached hydrogens (tertiary/aromatic N) is 6. The smallest absolute Gasteiger partial charge is 0.234 e. The van der Waals surface area contributed by atoms with E-state index in [1.807, 2.05) is 41.3 Å². The summed E-state index contributed by atoms with van der Waals surface area (Å²) in [4.78, 5) is 52.7. The second kappa shape index (κ2) is 17.3. The Bertz CT molecular complexity index is 2490. The van der Waals surface area contributed by atoms with E-state index in [9.17, 15) is 22.8 Å². The standard InChI is InChI=1S/C44H49ClFN9O6S/c1-62(59,60)55-17-12-27-4-3-7-37(40(27)55)49-41-35(45)26-47-44(51-41)48-30-8-10-38(36(46)25-30)53-15-13-31(14-16-53)52-18-20-54(21-19-52)43(58)29-23-33(24-29)61-32-6-2-5-28(22-32)34-9-11-39(56)50-42(34)57/h2-8,10,22,25-26,29,31,33-34H,9,11-21,23-24H2,1H3,(H,50,56,57)(H2,47,48,49,51). The molecule has 4 aliphatic heterocycles. The van der Waals surface area contributed by atoms with Gasteiger partial charge in [0, 0.05) is 69.9 Å². The van der Waals surface area contributed by atoms with Crippen molar-refractivity contribution in [1.82, 2.24) is 25.1 Å². The van der Waals surface area contributed by atoms with Gasteiger partial charge in [-0.1, -0.05) is 35.9 Å². The number of aromatic nitrogens is 2. The van der Waals surface area contributed by atoms with Crippen molar-refractivity contribution in [2.24, 2.45) is 5.92 Å². The number of hydrogen-bond acceptors (Lipinski definition) is 12. The van der Waals surface area contributed by atoms with Gasteiger partial charge in [-0.25, -0.2) is 17.8 Å². The molecule has 15 nitrogen and oxygen atoms in total. The molecule has 3 N–H and O–H groups in total. The number of carbonyl (C=O) groups is 3. The minimum absolute atomic E-state index is 0.0563. The van der Waals surface area contributed by atoms with E-state index >= 15 is 4.39 Å². The van der Waals surface area contributed by atoms with Crippen molar-refractivity contribution in [1.29, 1.82) is 0 Å². The number of anilines is 6. The fraction of sp³-hybridized carbons (Fsp3) is 0.432. The molecule has 3 saturated heterocycles. The summed E-state index contributed by atoms with van der Waals surface area (Å²) in [7, 11) is -3.48. The van der Waals surface area contributed by atoms with Gasteiger partial charge in [0.05, 0.1) is 35.4 Å². The summed E-state index contributed by atoms with van der Waals surface area (Å²) in [6, 6.07) is 18.3. The van der Waals surface area contributed by atoms with E-state index in [0.717, 1.165) is 37.1 Å². The van der Waals surface area contributed by atoms with Gasteiger partial charge < -0.3 is 25.2 Å². The van der Waals surface area contributed by atoms with Gasteiger partial charge in [-0.15, -0.1) is 0 Å². The van der Waals surface area contributed by atoms with Crippen LogP contribution < -0.4 is 29.9 Å². The minimum atomic E-state index is -3.48. The van der Waals surface area contributed by atoms with E-state index in [1.165, 1.54) is 22.8 Å². The van der Waals surface area contributed by atoms with Crippen LogP contribution in [0.2, 0.25) is 5.02 Å². The number of carbonyl (C=O) groups excluding carboxylic acids is 3. The first kappa shape index (κ1) is 41.8. The highest BCUT2D eigenvalue weighted by Crippen LogP contribution is 2.40. The molecule has 5 heterocycles. The van der Waals surface area contributed by atoms with E-state index in [0.29, 0.717) is 99.4 Å². The number of piperidine rings is 2. The van der Waals surface area contributed by atoms with Crippen LogP contribution in [0.25, 0.3) is 0 Å². The molecule has 1 saturated carbocycles. The monoisotopic (exact) mass is 885 g/mol. The van der Waals surface area contributed by atoms with Crippen LogP contribution in [0.15, 0.2) is 66.9 Å². The van der Waals surface area contributed by atoms with Crippen molar-refractivity contribution < 1.29 is 31.9 Å². The number of rotatable bonds is 11. The van der Waals surface area contributed by atoms with Crippen LogP contribution in [0, 0.1) is 11.7 Å². The molecule has 18 heteroatoms. The SMILES string of the molecule is CS(=O)(=O)N1CCc2cccc(Nc3nc(Nc4ccc(N5CCC(N6CCN(C(=O)C7CC(Oc8cccc(C9CCC(=O)NC9=O)c8)C7)CC6)CC5)c(F)c4)ncc3Cl)c21. The zero-order valence-electron chi connectivity index (χ0n) is 34.4. The summed E-state index contributed by atoms with van der Waals surface area (Å²) in [5.74, 6) is 0.0166. The summed E-state index contributed by atoms with van der Waals surface area (Å²) in [6.07, 6.45) is 7.05. The van der Waals surface area contributed by atoms with Gasteiger partial charge in [0.15, 0.2) is 5.82 Å². The Labute approximate surface area is 365 Å². The molecule has 3 amide bonds. The highest BCUT2D eigenvalue weighted by Gasteiger charge is 2.40. The number of hydrogen-bond donors (Lipinski definition) is 3. The summed E-state index contributed by atoms with van der Waals surface area (Å²) in [5.41, 5.74) is 3.84. The molecule has 326 valence electrons. The summed E-state index contributed by atoms with van der Waals surface area (Å²) >= 11 is 6.46. The van der Waals surface area contributed by atoms with Crippen LogP contribution >= 0.6 is 11.6 Å². The average Bonchev–Trinajstić information content (AvgIpc) is 3.70. The van der Waals surface area contributed by atoms with Crippen molar-refractivity contribution in [2.75, 3.05) is 71.9 Å². The lowest BCUT2D eigenvalue weighted by Gasteiger charge is -2.45. The van der Waals surface area contributed by atoms with Crippen LogP contribution in [0.5, 0.6) is 5.75 Å². The van der Waals surface area contributed by atoms with Gasteiger partial charge in [0.25, 0.3) is 0 Å². The fourth-order valence-corrected chi connectivity index (χ4v) is 10.5. The fourth-order valence-electron chi connectivity index (χ4n) is 9.38. The number of para-hydroxylation sites is 1. The molecular weight excluding hydrogens is 837 g/mol. The molecule has 62 heavy (non-hydrogen) atoms. The van der Waals surface area contributed by atoms with Gasteiger partial charge in [-0.2, -0.15) is 4.98 Å². The molecule has 3 aromatic carbocycles. The van der Waals surface area contributed by atoms with Gasteiger partial charge in [-0.05, 0) is 86.1 Å². The third-order valence-electron chi connectivity index (χ3n) is 12.7. The Kier molecular flexibility index (Phi) is 11.7. The van der Waals surface area contributed by atoms with Crippen LogP contribution in [0.3, 0.4) is 0 Å². The number of sulfonamides is 1. The largest absolute Gasteiger partial charge is 0.490 e. The number of ether oxygens (including phenoxy) is 1. The normalized spacial score (nSPS) is 22.2. The maximum absolute atomic E-state index is 15.7. The summed E-state index contributed by atoms with van der Waals surface area (Å²) in [6.45, 7) is 4.76. The first-order valence-electron chi connectivity index (χ1n) is 21.2. The van der Waals surface area contributed by atoms with E-state index in [2.05, 4.69) is 35.7 Å². The molecular formula is C44H49ClFN9O6S. The predicted octanol–water partition coefficient (Wildman–Crippen LogP) is 5.57. The molecule has 9 rings (SSSR count). The maximum Gasteiger partial charge on any atom is 0.234 e. The Balaban J connectivity index is 0.728. The van der Waals surface area contributed by atoms with Crippen LogP contribution in [0.1, 0.15) is 55.6 Å². The van der Waals surface area contributed by atoms with Gasteiger partial charge >= 0.3 is 0 Å². The van der Waals surface area contributed by atoms with Gasteiger partial charge in [0.2, 0.25) is 33.7 Å². The zero-order chi connectivity index (χ0) is 43.1. The highest BCUT2D eigenvalue weighted by molar-refractivity contribution is 7.92. The molecule has 1 aliphatic carbocycles. The van der Waals surface area contributed by atoms with E-state index in [-0.39, 0.29) is 58.3 Å². The number of fused-ring (bicyclic) bond motifs is 1. The van der Waals surface area contributed by atoms with Crippen molar-refractivity contribution in [3.05, 3.63) is 88.8 Å². The molecule has 0 bridgehead atoms. The molecule has 4 fully saturated rings. The molecule has 4 aromatic rings. The quantitative estimate of drug-likeness (QED) is 0.161. The van der Waals surface area contributed by atoms with Crippen molar-refractivity contribution in [3.8, 4) is 5.75 Å². The molecule has 1 unspecified atom stereocenters. The van der Waals surface area contributed by atoms with E-state index < -0.39 is 10.0 Å². The van der Waals surface area contributed by atoms with Crippen LogP contribution in [-0.2, 0) is 30.8 Å². The van der Waals surface area contributed by atoms with Crippen molar-refractivity contribution >= 4 is 73.9 Å². The molecule has 1 atom stereocenters. The molecule has 0 radical (unpaired) electrons. The Hall–Kier alpha value is -5.52. The number of imide groups is 1. The van der Waals surface area contributed by atoms with Crippen LogP contribution in [-0.4, -0.2) is 110 Å². The summed E-state index contributed by atoms with van der Waals surface area (Å²) < 4.78 is 48.2. The second-order valence-corrected chi connectivity index (χ2v) is 19.1. The number of piperazine rings is 1. The second-order valence-electron chi connectivity index (χ2n) is 16.8. The maximum atomic E-state index is 15.7. The number of amides is 3. The highest BCUT2D eigenvalue weighted by atomic mass is 35.5. The molecule has 5 aliphatic rings. The lowest BCUT2D eigenvalue weighted by Crippen LogP contribution is -2.56. The number of halogens is 2. The third-order valence-corrected chi connectivity index (χ3v) is 14.2. The number of benzene rings is 3. The topological polar surface area (TPSA) is 169 Å². The first-order valence-corrected chi connectivity index (χ1v) is 23.4. The number of nitrogens with one attached hydrogen (secondary N) is 3. The van der Waals surface area contributed by atoms with Crippen molar-refractivity contribution in [2.45, 2.75) is 63.0 Å². The predicted molar refractivity (Wildman–Crippen MR) is 234 cm³/mol. The molecule has 1 aromatic heterocycles. The zero-order valence-corrected chi connectivity index (χ0v) is 35.9. The first-order chi connectivity index (χ1) is 29.9. The Morgan fingerprint density at radius 2 is 1.69 bits per heavy atom. The van der Waals surface area contributed by atoms with E-state index in [1.54, 1.807) is 18.2 Å². The van der Waals surface area contributed by atoms with Gasteiger partial charge in [-0.3, -0.25) is 28.9 Å². The van der Waals surface area contributed by atoms with E-state index in [4.69, 9.17) is 16.3 Å². The average molecular weight is 886 g/mol. The summed E-state index contributed by atoms with van der Waals surface area (Å²) in [5, 5.41) is 8.90. The minimum Gasteiger partial charge on any atom is -0.490 e. The van der Waals surface area contributed by atoms with Gasteiger partial charge in [0.1, 0.15) is 22.7 Å². The lowest BCUT2D eigenvalue weighted by molar-refractivity contribution is -0.143. The Morgan fingerprint density at radius 3 is 2.44 bits per heavy atom. The third kappa shape index (κ3) is 8.88.